The highest BCUT2D eigenvalue weighted by Crippen LogP contribution is 2.19. The summed E-state index contributed by atoms with van der Waals surface area (Å²) in [6.07, 6.45) is 0. The van der Waals surface area contributed by atoms with E-state index in [1.807, 2.05) is 26.8 Å². The van der Waals surface area contributed by atoms with Crippen molar-refractivity contribution in [1.82, 2.24) is 20.2 Å². The molecule has 19 heavy (non-hydrogen) atoms. The second-order valence-electron chi connectivity index (χ2n) is 5.29. The largest absolute Gasteiger partial charge is 0.268 e. The van der Waals surface area contributed by atoms with Gasteiger partial charge in [-0.3, -0.25) is 0 Å². The highest BCUT2D eigenvalue weighted by Gasteiger charge is 2.28. The average Bonchev–Trinajstić information content (AvgIpc) is 2.78. The van der Waals surface area contributed by atoms with Crippen LogP contribution in [0.3, 0.4) is 0 Å². The number of rotatable bonds is 3. The van der Waals surface area contributed by atoms with Crippen LogP contribution in [0.1, 0.15) is 26.3 Å². The van der Waals surface area contributed by atoms with Crippen molar-refractivity contribution < 1.29 is 8.42 Å². The Morgan fingerprint density at radius 1 is 1.16 bits per heavy atom. The molecule has 0 aliphatic rings. The van der Waals surface area contributed by atoms with Crippen molar-refractivity contribution in [2.75, 3.05) is 0 Å². The van der Waals surface area contributed by atoms with Crippen molar-refractivity contribution in [1.29, 1.82) is 0 Å². The van der Waals surface area contributed by atoms with E-state index in [1.165, 1.54) is 4.68 Å². The van der Waals surface area contributed by atoms with Crippen LogP contribution in [0.25, 0.3) is 0 Å². The first-order valence-corrected chi connectivity index (χ1v) is 7.51. The number of aromatic nitrogens is 4. The van der Waals surface area contributed by atoms with Crippen molar-refractivity contribution in [2.45, 2.75) is 37.2 Å². The number of benzene rings is 1. The summed E-state index contributed by atoms with van der Waals surface area (Å²) >= 11 is 0. The Bertz CT molecular complexity index is 657. The third-order valence-corrected chi connectivity index (χ3v) is 4.08. The molecule has 0 aliphatic carbocycles. The van der Waals surface area contributed by atoms with Crippen molar-refractivity contribution in [3.8, 4) is 0 Å². The Morgan fingerprint density at radius 2 is 1.79 bits per heavy atom. The van der Waals surface area contributed by atoms with Gasteiger partial charge in [-0.05, 0) is 36.8 Å². The Labute approximate surface area is 112 Å². The molecule has 0 N–H and O–H groups in total. The van der Waals surface area contributed by atoms with Crippen molar-refractivity contribution in [3.05, 3.63) is 35.9 Å². The molecule has 0 radical (unpaired) electrons. The van der Waals surface area contributed by atoms with E-state index in [1.54, 1.807) is 24.3 Å². The topological polar surface area (TPSA) is 77.7 Å². The van der Waals surface area contributed by atoms with Crippen molar-refractivity contribution >= 4 is 9.84 Å². The minimum absolute atomic E-state index is 0.0937. The predicted molar refractivity (Wildman–Crippen MR) is 70.1 cm³/mol. The van der Waals surface area contributed by atoms with Crippen LogP contribution < -0.4 is 0 Å². The summed E-state index contributed by atoms with van der Waals surface area (Å²) < 4.78 is 26.1. The molecule has 2 rings (SSSR count). The van der Waals surface area contributed by atoms with Crippen molar-refractivity contribution in [2.24, 2.45) is 0 Å². The molecule has 7 heteroatoms. The molecule has 2 aromatic rings. The van der Waals surface area contributed by atoms with E-state index in [4.69, 9.17) is 0 Å². The molecule has 0 saturated heterocycles. The number of tetrazole rings is 1. The van der Waals surface area contributed by atoms with Crippen LogP contribution in [-0.2, 0) is 21.1 Å². The predicted octanol–water partition coefficient (Wildman–Crippen LogP) is 1.40. The second-order valence-corrected chi connectivity index (χ2v) is 7.17. The number of hydrogen-bond acceptors (Lipinski definition) is 5. The van der Waals surface area contributed by atoms with Gasteiger partial charge in [0.15, 0.2) is 0 Å². The van der Waals surface area contributed by atoms with Gasteiger partial charge in [-0.1, -0.05) is 35.4 Å². The van der Waals surface area contributed by atoms with Gasteiger partial charge < -0.3 is 0 Å². The van der Waals surface area contributed by atoms with E-state index in [9.17, 15) is 8.42 Å². The summed E-state index contributed by atoms with van der Waals surface area (Å²) in [6.45, 7) is 5.56. The average molecular weight is 280 g/mol. The molecule has 0 spiro atoms. The van der Waals surface area contributed by atoms with E-state index in [0.29, 0.717) is 5.56 Å². The minimum Gasteiger partial charge on any atom is -0.220 e. The van der Waals surface area contributed by atoms with E-state index >= 15 is 0 Å². The molecule has 0 unspecified atom stereocenters. The maximum absolute atomic E-state index is 12.4. The quantitative estimate of drug-likeness (QED) is 0.849. The Hall–Kier alpha value is -1.76. The lowest BCUT2D eigenvalue weighted by atomic mass is 10.1. The molecule has 0 fully saturated rings. The standard InChI is InChI=1S/C12H16N4O2S/c1-12(2,3)16-11(13-14-15-16)19(17,18)9-10-7-5-4-6-8-10/h4-8H,9H2,1-3H3. The van der Waals surface area contributed by atoms with Crippen LogP contribution in [0.4, 0.5) is 0 Å². The molecule has 0 bridgehead atoms. The summed E-state index contributed by atoms with van der Waals surface area (Å²) in [4.78, 5) is 0. The summed E-state index contributed by atoms with van der Waals surface area (Å²) in [6, 6.07) is 8.98. The Balaban J connectivity index is 2.39. The fraction of sp³-hybridized carbons (Fsp3) is 0.417. The third kappa shape index (κ3) is 2.98. The SMILES string of the molecule is CC(C)(C)n1nnnc1S(=O)(=O)Cc1ccccc1. The molecule has 0 saturated carbocycles. The van der Waals surface area contributed by atoms with Crippen LogP contribution in [-0.4, -0.2) is 28.6 Å². The van der Waals surface area contributed by atoms with E-state index in [-0.39, 0.29) is 10.9 Å². The van der Waals surface area contributed by atoms with Crippen LogP contribution in [0.15, 0.2) is 35.5 Å². The maximum atomic E-state index is 12.4. The summed E-state index contributed by atoms with van der Waals surface area (Å²) in [5.74, 6) is -0.107. The van der Waals surface area contributed by atoms with Crippen LogP contribution in [0, 0.1) is 0 Å². The number of sulfone groups is 1. The van der Waals surface area contributed by atoms with Gasteiger partial charge in [-0.2, -0.15) is 0 Å². The van der Waals surface area contributed by atoms with Gasteiger partial charge >= 0.3 is 0 Å². The van der Waals surface area contributed by atoms with Gasteiger partial charge in [0, 0.05) is 0 Å². The molecule has 1 heterocycles. The molecule has 0 aliphatic heterocycles. The van der Waals surface area contributed by atoms with Crippen molar-refractivity contribution in [3.63, 3.8) is 0 Å². The zero-order valence-electron chi connectivity index (χ0n) is 11.1. The lowest BCUT2D eigenvalue weighted by molar-refractivity contribution is 0.317. The molecular formula is C12H16N4O2S. The highest BCUT2D eigenvalue weighted by atomic mass is 32.2. The molecule has 102 valence electrons. The van der Waals surface area contributed by atoms with E-state index in [2.05, 4.69) is 15.5 Å². The van der Waals surface area contributed by atoms with Gasteiger partial charge in [-0.15, -0.1) is 0 Å². The number of nitrogens with zero attached hydrogens (tertiary/aromatic N) is 4. The normalized spacial score (nSPS) is 12.6. The zero-order valence-corrected chi connectivity index (χ0v) is 11.9. The first-order chi connectivity index (χ1) is 8.81. The second kappa shape index (κ2) is 4.73. The maximum Gasteiger partial charge on any atom is 0.268 e. The lowest BCUT2D eigenvalue weighted by Gasteiger charge is -2.19. The summed E-state index contributed by atoms with van der Waals surface area (Å²) in [5, 5.41) is 10.8. The lowest BCUT2D eigenvalue weighted by Crippen LogP contribution is -2.27. The van der Waals surface area contributed by atoms with Gasteiger partial charge in [-0.25, -0.2) is 13.1 Å². The van der Waals surface area contributed by atoms with E-state index < -0.39 is 15.4 Å². The summed E-state index contributed by atoms with van der Waals surface area (Å²) in [7, 11) is -3.56. The Morgan fingerprint density at radius 3 is 2.37 bits per heavy atom. The first kappa shape index (κ1) is 13.7. The van der Waals surface area contributed by atoms with Crippen LogP contribution in [0.5, 0.6) is 0 Å². The van der Waals surface area contributed by atoms with Gasteiger partial charge in [0.05, 0.1) is 11.3 Å². The molecule has 0 amide bonds. The molecular weight excluding hydrogens is 264 g/mol. The fourth-order valence-corrected chi connectivity index (χ4v) is 3.15. The van der Waals surface area contributed by atoms with E-state index in [0.717, 1.165) is 0 Å². The molecule has 6 nitrogen and oxygen atoms in total. The zero-order chi connectivity index (χ0) is 14.1. The Kier molecular flexibility index (Phi) is 3.40. The van der Waals surface area contributed by atoms with Crippen LogP contribution >= 0.6 is 0 Å². The molecule has 1 aromatic heterocycles. The van der Waals surface area contributed by atoms with Gasteiger partial charge in [0.1, 0.15) is 0 Å². The fourth-order valence-electron chi connectivity index (χ4n) is 1.65. The summed E-state index contributed by atoms with van der Waals surface area (Å²) in [5.41, 5.74) is 0.230. The van der Waals surface area contributed by atoms with Gasteiger partial charge in [0.25, 0.3) is 5.16 Å². The number of hydrogen-bond donors (Lipinski definition) is 0. The minimum atomic E-state index is -3.56. The monoisotopic (exact) mass is 280 g/mol. The smallest absolute Gasteiger partial charge is 0.220 e. The third-order valence-electron chi connectivity index (χ3n) is 2.55. The van der Waals surface area contributed by atoms with Crippen LogP contribution in [0.2, 0.25) is 0 Å². The first-order valence-electron chi connectivity index (χ1n) is 5.86. The van der Waals surface area contributed by atoms with Gasteiger partial charge in [0.2, 0.25) is 9.84 Å². The molecule has 0 atom stereocenters. The molecule has 1 aromatic carbocycles. The highest BCUT2D eigenvalue weighted by molar-refractivity contribution is 7.90.